The third kappa shape index (κ3) is 4.68. The zero-order valence-electron chi connectivity index (χ0n) is 14.3. The molecule has 1 saturated heterocycles. The van der Waals surface area contributed by atoms with Crippen LogP contribution in [0.4, 0.5) is 0 Å². The Morgan fingerprint density at radius 2 is 1.72 bits per heavy atom. The maximum Gasteiger partial charge on any atom is 0.274 e. The molecule has 1 aliphatic heterocycles. The van der Waals surface area contributed by atoms with Crippen molar-refractivity contribution in [3.8, 4) is 5.75 Å². The van der Waals surface area contributed by atoms with Crippen molar-refractivity contribution in [3.05, 3.63) is 58.5 Å². The van der Waals surface area contributed by atoms with Crippen LogP contribution in [0.5, 0.6) is 5.75 Å². The van der Waals surface area contributed by atoms with E-state index in [4.69, 9.17) is 4.74 Å². The number of likely N-dealkylation sites (tertiary alicyclic amines) is 1. The van der Waals surface area contributed by atoms with E-state index in [0.29, 0.717) is 18.8 Å². The summed E-state index contributed by atoms with van der Waals surface area (Å²) in [6, 6.07) is 12.3. The van der Waals surface area contributed by atoms with Crippen LogP contribution in [0.2, 0.25) is 0 Å². The molecule has 1 aromatic heterocycles. The highest BCUT2D eigenvalue weighted by atomic mass is 16.5. The summed E-state index contributed by atoms with van der Waals surface area (Å²) in [7, 11) is 0. The lowest BCUT2D eigenvalue weighted by Crippen LogP contribution is -2.35. The Kier molecular flexibility index (Phi) is 5.82. The topological polar surface area (TPSA) is 64.4 Å². The molecule has 2 heterocycles. The van der Waals surface area contributed by atoms with Gasteiger partial charge in [-0.1, -0.05) is 31.0 Å². The van der Waals surface area contributed by atoms with Crippen molar-refractivity contribution in [2.75, 3.05) is 19.7 Å². The minimum Gasteiger partial charge on any atom is -0.492 e. The van der Waals surface area contributed by atoms with Crippen LogP contribution < -0.4 is 10.3 Å². The zero-order valence-corrected chi connectivity index (χ0v) is 14.3. The highest BCUT2D eigenvalue weighted by Crippen LogP contribution is 2.12. The molecular formula is C19H23N3O3. The Hall–Kier alpha value is -2.63. The van der Waals surface area contributed by atoms with Gasteiger partial charge in [0.1, 0.15) is 18.1 Å². The minimum atomic E-state index is -0.232. The molecule has 1 aliphatic rings. The predicted octanol–water partition coefficient (Wildman–Crippen LogP) is 2.34. The highest BCUT2D eigenvalue weighted by Gasteiger charge is 2.19. The molecule has 132 valence electrons. The van der Waals surface area contributed by atoms with Gasteiger partial charge in [-0.25, -0.2) is 4.68 Å². The summed E-state index contributed by atoms with van der Waals surface area (Å²) >= 11 is 0. The lowest BCUT2D eigenvalue weighted by atomic mass is 10.2. The molecule has 6 nitrogen and oxygen atoms in total. The predicted molar refractivity (Wildman–Crippen MR) is 94.8 cm³/mol. The van der Waals surface area contributed by atoms with Crippen molar-refractivity contribution >= 4 is 5.91 Å². The number of amides is 1. The van der Waals surface area contributed by atoms with Crippen LogP contribution in [0.3, 0.4) is 0 Å². The molecular weight excluding hydrogens is 318 g/mol. The highest BCUT2D eigenvalue weighted by molar-refractivity contribution is 5.92. The van der Waals surface area contributed by atoms with Gasteiger partial charge in [0, 0.05) is 19.2 Å². The molecule has 0 radical (unpaired) electrons. The van der Waals surface area contributed by atoms with Gasteiger partial charge in [0.25, 0.3) is 11.5 Å². The van der Waals surface area contributed by atoms with E-state index in [-0.39, 0.29) is 11.5 Å². The number of hydrogen-bond donors (Lipinski definition) is 0. The molecule has 0 bridgehead atoms. The van der Waals surface area contributed by atoms with Crippen molar-refractivity contribution in [2.24, 2.45) is 0 Å². The first-order valence-electron chi connectivity index (χ1n) is 8.79. The van der Waals surface area contributed by atoms with Crippen molar-refractivity contribution in [3.63, 3.8) is 0 Å². The summed E-state index contributed by atoms with van der Waals surface area (Å²) in [5, 5.41) is 4.24. The van der Waals surface area contributed by atoms with Gasteiger partial charge in [-0.05, 0) is 31.0 Å². The second-order valence-electron chi connectivity index (χ2n) is 6.15. The zero-order chi connectivity index (χ0) is 17.5. The number of rotatable bonds is 5. The van der Waals surface area contributed by atoms with E-state index < -0.39 is 0 Å². The molecule has 3 rings (SSSR count). The van der Waals surface area contributed by atoms with E-state index in [0.717, 1.165) is 44.5 Å². The number of carbonyl (C=O) groups excluding carboxylic acids is 1. The summed E-state index contributed by atoms with van der Waals surface area (Å²) in [5.74, 6) is 0.645. The summed E-state index contributed by atoms with van der Waals surface area (Å²) in [4.78, 5) is 26.5. The molecule has 0 unspecified atom stereocenters. The Morgan fingerprint density at radius 1 is 1.00 bits per heavy atom. The third-order valence-electron chi connectivity index (χ3n) is 4.29. The summed E-state index contributed by atoms with van der Waals surface area (Å²) in [5.41, 5.74) is 0.0882. The van der Waals surface area contributed by atoms with Crippen molar-refractivity contribution in [1.29, 1.82) is 0 Å². The van der Waals surface area contributed by atoms with Crippen LogP contribution in [0.1, 0.15) is 36.2 Å². The second kappa shape index (κ2) is 8.46. The van der Waals surface area contributed by atoms with Crippen LogP contribution >= 0.6 is 0 Å². The lowest BCUT2D eigenvalue weighted by Gasteiger charge is -2.20. The summed E-state index contributed by atoms with van der Waals surface area (Å²) < 4.78 is 6.90. The molecule has 1 fully saturated rings. The fraction of sp³-hybridized carbons (Fsp3) is 0.421. The van der Waals surface area contributed by atoms with E-state index in [9.17, 15) is 9.59 Å². The van der Waals surface area contributed by atoms with Crippen molar-refractivity contribution < 1.29 is 9.53 Å². The largest absolute Gasteiger partial charge is 0.492 e. The van der Waals surface area contributed by atoms with E-state index >= 15 is 0 Å². The van der Waals surface area contributed by atoms with Crippen LogP contribution in [0.25, 0.3) is 0 Å². The Bertz CT molecular complexity index is 750. The maximum absolute atomic E-state index is 12.6. The second-order valence-corrected chi connectivity index (χ2v) is 6.15. The first-order valence-corrected chi connectivity index (χ1v) is 8.79. The number of nitrogens with zero attached hydrogens (tertiary/aromatic N) is 3. The number of aromatic nitrogens is 2. The third-order valence-corrected chi connectivity index (χ3v) is 4.29. The first-order chi connectivity index (χ1) is 12.2. The summed E-state index contributed by atoms with van der Waals surface area (Å²) in [6.45, 7) is 2.14. The monoisotopic (exact) mass is 341 g/mol. The molecule has 25 heavy (non-hydrogen) atoms. The minimum absolute atomic E-state index is 0.0976. The molecule has 0 aliphatic carbocycles. The van der Waals surface area contributed by atoms with Crippen LogP contribution in [0, 0.1) is 0 Å². The van der Waals surface area contributed by atoms with Gasteiger partial charge in [-0.2, -0.15) is 5.10 Å². The van der Waals surface area contributed by atoms with E-state index in [1.54, 1.807) is 0 Å². The van der Waals surface area contributed by atoms with Crippen LogP contribution in [0.15, 0.2) is 47.3 Å². The van der Waals surface area contributed by atoms with Crippen molar-refractivity contribution in [2.45, 2.75) is 32.2 Å². The molecule has 2 aromatic rings. The molecule has 6 heteroatoms. The number of para-hydroxylation sites is 1. The van der Waals surface area contributed by atoms with Gasteiger partial charge in [0.05, 0.1) is 6.54 Å². The SMILES string of the molecule is O=C(c1ccc(=O)n(CCOc2ccccc2)n1)N1CCCCCC1. The van der Waals surface area contributed by atoms with Crippen molar-refractivity contribution in [1.82, 2.24) is 14.7 Å². The van der Waals surface area contributed by atoms with E-state index in [1.165, 1.54) is 16.8 Å². The van der Waals surface area contributed by atoms with Gasteiger partial charge in [0.2, 0.25) is 0 Å². The first kappa shape index (κ1) is 17.2. The maximum atomic E-state index is 12.6. The number of ether oxygens (including phenoxy) is 1. The average molecular weight is 341 g/mol. The fourth-order valence-corrected chi connectivity index (χ4v) is 2.93. The van der Waals surface area contributed by atoms with Crippen LogP contribution in [-0.4, -0.2) is 40.3 Å². The summed E-state index contributed by atoms with van der Waals surface area (Å²) in [6.07, 6.45) is 4.37. The molecule has 0 spiro atoms. The molecule has 0 atom stereocenters. The molecule has 1 amide bonds. The molecule has 0 saturated carbocycles. The van der Waals surface area contributed by atoms with E-state index in [2.05, 4.69) is 5.10 Å². The van der Waals surface area contributed by atoms with Gasteiger partial charge in [-0.15, -0.1) is 0 Å². The van der Waals surface area contributed by atoms with Crippen LogP contribution in [-0.2, 0) is 6.54 Å². The Labute approximate surface area is 147 Å². The molecule has 0 N–H and O–H groups in total. The number of benzene rings is 1. The van der Waals surface area contributed by atoms with Gasteiger partial charge in [0.15, 0.2) is 0 Å². The fourth-order valence-electron chi connectivity index (χ4n) is 2.93. The lowest BCUT2D eigenvalue weighted by molar-refractivity contribution is 0.0752. The van der Waals surface area contributed by atoms with Gasteiger partial charge in [-0.3, -0.25) is 9.59 Å². The smallest absolute Gasteiger partial charge is 0.274 e. The number of hydrogen-bond acceptors (Lipinski definition) is 4. The van der Waals surface area contributed by atoms with Gasteiger partial charge >= 0.3 is 0 Å². The number of carbonyl (C=O) groups is 1. The normalized spacial score (nSPS) is 14.8. The standard InChI is InChI=1S/C19H23N3O3/c23-18-11-10-17(19(24)21-12-6-1-2-7-13-21)20-22(18)14-15-25-16-8-4-3-5-9-16/h3-5,8-11H,1-2,6-7,12-15H2. The van der Waals surface area contributed by atoms with Gasteiger partial charge < -0.3 is 9.64 Å². The average Bonchev–Trinajstić information content (AvgIpc) is 2.93. The Balaban J connectivity index is 1.65. The molecule has 1 aromatic carbocycles. The quantitative estimate of drug-likeness (QED) is 0.837. The Morgan fingerprint density at radius 3 is 2.44 bits per heavy atom. The van der Waals surface area contributed by atoms with E-state index in [1.807, 2.05) is 35.2 Å².